The number of carboxylic acid groups (broad SMARTS) is 1. The highest BCUT2D eigenvalue weighted by molar-refractivity contribution is 6.09. The van der Waals surface area contributed by atoms with Crippen LogP contribution in [-0.2, 0) is 21.4 Å². The molecular weight excluding hydrogens is 412 g/mol. The van der Waals surface area contributed by atoms with Crippen LogP contribution in [0.25, 0.3) is 5.69 Å². The van der Waals surface area contributed by atoms with Gasteiger partial charge in [-0.2, -0.15) is 0 Å². The fourth-order valence-corrected chi connectivity index (χ4v) is 5.33. The van der Waals surface area contributed by atoms with Crippen molar-refractivity contribution >= 4 is 17.8 Å². The van der Waals surface area contributed by atoms with E-state index in [1.807, 2.05) is 25.1 Å². The standard InChI is InChI=1S/C23H28N4O5/c1-5-6-12-23(22(31)32)17-16(19(28)25(3)21(17)30)18(24-23)15-13(2)26(4)27(20(15)29)14-10-8-7-9-11-14/h7-11,16-18,24H,5-6,12H2,1-4H3,(H,31,32). The lowest BCUT2D eigenvalue weighted by molar-refractivity contribution is -0.151. The highest BCUT2D eigenvalue weighted by atomic mass is 16.4. The van der Waals surface area contributed by atoms with Crippen molar-refractivity contribution in [2.75, 3.05) is 7.05 Å². The summed E-state index contributed by atoms with van der Waals surface area (Å²) in [6.45, 7) is 3.71. The molecule has 4 rings (SSSR count). The number of amides is 2. The fraction of sp³-hybridized carbons (Fsp3) is 0.478. The molecule has 170 valence electrons. The van der Waals surface area contributed by atoms with E-state index in [9.17, 15) is 24.3 Å². The minimum atomic E-state index is -1.60. The summed E-state index contributed by atoms with van der Waals surface area (Å²) in [5, 5.41) is 13.4. The van der Waals surface area contributed by atoms with Crippen LogP contribution in [0.5, 0.6) is 0 Å². The predicted octanol–water partition coefficient (Wildman–Crippen LogP) is 1.37. The van der Waals surface area contributed by atoms with E-state index in [0.717, 1.165) is 11.3 Å². The van der Waals surface area contributed by atoms with E-state index < -0.39 is 41.2 Å². The van der Waals surface area contributed by atoms with E-state index in [4.69, 9.17) is 0 Å². The van der Waals surface area contributed by atoms with Crippen LogP contribution in [0.4, 0.5) is 0 Å². The first-order valence-corrected chi connectivity index (χ1v) is 10.8. The van der Waals surface area contributed by atoms with Crippen molar-refractivity contribution < 1.29 is 19.5 Å². The normalized spacial score (nSPS) is 27.2. The van der Waals surface area contributed by atoms with E-state index in [1.54, 1.807) is 30.8 Å². The number of unbranched alkanes of at least 4 members (excludes halogenated alkanes) is 1. The molecule has 2 aliphatic rings. The number of aromatic nitrogens is 2. The van der Waals surface area contributed by atoms with Crippen molar-refractivity contribution in [1.29, 1.82) is 0 Å². The molecule has 32 heavy (non-hydrogen) atoms. The highest BCUT2D eigenvalue weighted by Gasteiger charge is 2.68. The zero-order chi connectivity index (χ0) is 23.4. The third kappa shape index (κ3) is 2.87. The lowest BCUT2D eigenvalue weighted by Gasteiger charge is -2.30. The fourth-order valence-electron chi connectivity index (χ4n) is 5.33. The van der Waals surface area contributed by atoms with E-state index in [-0.39, 0.29) is 12.0 Å². The SMILES string of the molecule is CCCCC1(C(=O)O)NC(c2c(C)n(C)n(-c3ccccc3)c2=O)C2C(=O)N(C)C(=O)C21. The van der Waals surface area contributed by atoms with E-state index in [1.165, 1.54) is 11.7 Å². The number of likely N-dealkylation sites (tertiary alicyclic amines) is 1. The molecule has 9 heteroatoms. The quantitative estimate of drug-likeness (QED) is 0.656. The molecular formula is C23H28N4O5. The van der Waals surface area contributed by atoms with Gasteiger partial charge in [0.1, 0.15) is 5.54 Å². The minimum absolute atomic E-state index is 0.197. The molecule has 0 bridgehead atoms. The molecule has 0 radical (unpaired) electrons. The van der Waals surface area contributed by atoms with Gasteiger partial charge in [0.25, 0.3) is 5.56 Å². The number of carbonyl (C=O) groups excluding carboxylic acids is 2. The Morgan fingerprint density at radius 3 is 2.38 bits per heavy atom. The third-order valence-electron chi connectivity index (χ3n) is 7.09. The number of carbonyl (C=O) groups is 3. The molecule has 2 aromatic rings. The molecule has 2 amide bonds. The van der Waals surface area contributed by atoms with Crippen LogP contribution in [0.1, 0.15) is 43.5 Å². The Labute approximate surface area is 185 Å². The average Bonchev–Trinajstić information content (AvgIpc) is 3.31. The molecule has 0 spiro atoms. The maximum Gasteiger partial charge on any atom is 0.324 e. The first-order valence-electron chi connectivity index (χ1n) is 10.8. The Morgan fingerprint density at radius 2 is 1.78 bits per heavy atom. The number of hydrogen-bond donors (Lipinski definition) is 2. The molecule has 4 unspecified atom stereocenters. The third-order valence-corrected chi connectivity index (χ3v) is 7.09. The van der Waals surface area contributed by atoms with Gasteiger partial charge in [0.15, 0.2) is 0 Å². The lowest BCUT2D eigenvalue weighted by atomic mass is 9.76. The predicted molar refractivity (Wildman–Crippen MR) is 116 cm³/mol. The number of imide groups is 1. The highest BCUT2D eigenvalue weighted by Crippen LogP contribution is 2.50. The summed E-state index contributed by atoms with van der Waals surface area (Å²) in [6.07, 6.45) is 1.51. The van der Waals surface area contributed by atoms with Gasteiger partial charge in [-0.05, 0) is 25.5 Å². The van der Waals surface area contributed by atoms with Gasteiger partial charge in [0.2, 0.25) is 11.8 Å². The number of fused-ring (bicyclic) bond motifs is 1. The second kappa shape index (κ2) is 7.74. The van der Waals surface area contributed by atoms with E-state index >= 15 is 0 Å². The van der Waals surface area contributed by atoms with Crippen molar-refractivity contribution in [1.82, 2.24) is 19.6 Å². The number of carboxylic acids is 1. The van der Waals surface area contributed by atoms with Crippen LogP contribution in [-0.4, -0.2) is 49.7 Å². The molecule has 1 aromatic carbocycles. The topological polar surface area (TPSA) is 114 Å². The van der Waals surface area contributed by atoms with Crippen molar-refractivity contribution in [3.05, 3.63) is 51.9 Å². The summed E-state index contributed by atoms with van der Waals surface area (Å²) in [4.78, 5) is 53.3. The van der Waals surface area contributed by atoms with Gasteiger partial charge in [0.05, 0.1) is 29.1 Å². The van der Waals surface area contributed by atoms with E-state index in [2.05, 4.69) is 5.32 Å². The number of aliphatic carboxylic acids is 1. The number of rotatable bonds is 6. The number of nitrogens with one attached hydrogen (secondary N) is 1. The van der Waals surface area contributed by atoms with Crippen LogP contribution < -0.4 is 10.9 Å². The summed E-state index contributed by atoms with van der Waals surface area (Å²) in [7, 11) is 3.13. The number of nitrogens with zero attached hydrogens (tertiary/aromatic N) is 3. The second-order valence-electron chi connectivity index (χ2n) is 8.72. The summed E-state index contributed by atoms with van der Waals surface area (Å²) in [5.41, 5.74) is -0.344. The zero-order valence-corrected chi connectivity index (χ0v) is 18.7. The Bertz CT molecular complexity index is 1150. The number of para-hydroxylation sites is 1. The summed E-state index contributed by atoms with van der Waals surface area (Å²) >= 11 is 0. The van der Waals surface area contributed by atoms with Crippen LogP contribution in [0.3, 0.4) is 0 Å². The van der Waals surface area contributed by atoms with Gasteiger partial charge in [-0.3, -0.25) is 34.1 Å². The molecule has 2 saturated heterocycles. The molecule has 9 nitrogen and oxygen atoms in total. The maximum absolute atomic E-state index is 13.6. The van der Waals surface area contributed by atoms with Crippen LogP contribution in [0.15, 0.2) is 35.1 Å². The van der Waals surface area contributed by atoms with Gasteiger partial charge in [0, 0.05) is 19.8 Å². The molecule has 2 N–H and O–H groups in total. The smallest absolute Gasteiger partial charge is 0.324 e. The van der Waals surface area contributed by atoms with Crippen LogP contribution in [0.2, 0.25) is 0 Å². The maximum atomic E-state index is 13.6. The summed E-state index contributed by atoms with van der Waals surface area (Å²) < 4.78 is 3.20. The van der Waals surface area contributed by atoms with Crippen molar-refractivity contribution in [2.45, 2.75) is 44.7 Å². The zero-order valence-electron chi connectivity index (χ0n) is 18.7. The molecule has 4 atom stereocenters. The first kappa shape index (κ1) is 22.0. The van der Waals surface area contributed by atoms with Gasteiger partial charge in [-0.25, -0.2) is 4.68 Å². The second-order valence-corrected chi connectivity index (χ2v) is 8.72. The molecule has 1 aromatic heterocycles. The van der Waals surface area contributed by atoms with Crippen molar-refractivity contribution in [3.8, 4) is 5.69 Å². The Hall–Kier alpha value is -3.20. The van der Waals surface area contributed by atoms with Crippen molar-refractivity contribution in [3.63, 3.8) is 0 Å². The molecule has 2 aliphatic heterocycles. The lowest BCUT2D eigenvalue weighted by Crippen LogP contribution is -2.55. The van der Waals surface area contributed by atoms with Gasteiger partial charge < -0.3 is 5.11 Å². The van der Waals surface area contributed by atoms with Gasteiger partial charge in [-0.15, -0.1) is 0 Å². The van der Waals surface area contributed by atoms with Crippen molar-refractivity contribution in [2.24, 2.45) is 18.9 Å². The largest absolute Gasteiger partial charge is 0.480 e. The molecule has 0 saturated carbocycles. The average molecular weight is 441 g/mol. The Balaban J connectivity index is 1.91. The summed E-state index contributed by atoms with van der Waals surface area (Å²) in [5.74, 6) is -4.13. The van der Waals surface area contributed by atoms with Gasteiger partial charge in [-0.1, -0.05) is 38.0 Å². The van der Waals surface area contributed by atoms with Crippen LogP contribution >= 0.6 is 0 Å². The number of benzene rings is 1. The molecule has 2 fully saturated rings. The van der Waals surface area contributed by atoms with Gasteiger partial charge >= 0.3 is 5.97 Å². The molecule has 3 heterocycles. The summed E-state index contributed by atoms with van der Waals surface area (Å²) in [6, 6.07) is 8.22. The minimum Gasteiger partial charge on any atom is -0.480 e. The van der Waals surface area contributed by atoms with E-state index in [0.29, 0.717) is 23.4 Å². The Morgan fingerprint density at radius 1 is 1.12 bits per heavy atom. The first-order chi connectivity index (χ1) is 15.2. The Kier molecular flexibility index (Phi) is 5.32. The monoisotopic (exact) mass is 440 g/mol. The van der Waals surface area contributed by atoms with Crippen LogP contribution in [0, 0.1) is 18.8 Å². The molecule has 0 aliphatic carbocycles. The number of hydrogen-bond acceptors (Lipinski definition) is 5.